The maximum absolute atomic E-state index is 12.4. The smallest absolute Gasteiger partial charge is 0.357 e. The molecule has 2 heterocycles. The fourth-order valence-corrected chi connectivity index (χ4v) is 3.20. The Bertz CT molecular complexity index is 928. The van der Waals surface area contributed by atoms with Crippen molar-refractivity contribution in [1.82, 2.24) is 9.99 Å². The van der Waals surface area contributed by atoms with Gasteiger partial charge in [-0.1, -0.05) is 36.4 Å². The molecular weight excluding hydrogens is 326 g/mol. The number of carbonyl (C=O) groups is 1. The van der Waals surface area contributed by atoms with Crippen LogP contribution in [0.5, 0.6) is 0 Å². The zero-order valence-corrected chi connectivity index (χ0v) is 15.4. The molecule has 26 heavy (non-hydrogen) atoms. The molecule has 0 bridgehead atoms. The van der Waals surface area contributed by atoms with Crippen LogP contribution in [-0.4, -0.2) is 29.3 Å². The van der Waals surface area contributed by atoms with Gasteiger partial charge in [0, 0.05) is 23.5 Å². The van der Waals surface area contributed by atoms with Crippen molar-refractivity contribution in [1.29, 1.82) is 0 Å². The quantitative estimate of drug-likeness (QED) is 0.612. The lowest BCUT2D eigenvalue weighted by atomic mass is 9.90. The molecule has 0 saturated carbocycles. The number of hydrogen-bond acceptors (Lipinski definition) is 5. The van der Waals surface area contributed by atoms with Gasteiger partial charge in [0.15, 0.2) is 5.70 Å². The first-order chi connectivity index (χ1) is 12.6. The van der Waals surface area contributed by atoms with Crippen molar-refractivity contribution in [2.24, 2.45) is 5.10 Å². The molecule has 0 fully saturated rings. The second-order valence-electron chi connectivity index (χ2n) is 5.77. The first-order valence-corrected chi connectivity index (χ1v) is 8.43. The Morgan fingerprint density at radius 2 is 1.92 bits per heavy atom. The highest BCUT2D eigenvalue weighted by atomic mass is 16.5. The van der Waals surface area contributed by atoms with Crippen LogP contribution in [0.4, 0.5) is 0 Å². The topological polar surface area (TPSA) is 54.8 Å². The summed E-state index contributed by atoms with van der Waals surface area (Å²) in [7, 11) is 1.37. The number of methoxy groups -OCH3 is 1. The van der Waals surface area contributed by atoms with Crippen molar-refractivity contribution in [3.63, 3.8) is 0 Å². The van der Waals surface area contributed by atoms with E-state index in [4.69, 9.17) is 4.74 Å². The first-order valence-electron chi connectivity index (χ1n) is 8.43. The van der Waals surface area contributed by atoms with E-state index in [1.165, 1.54) is 7.11 Å². The molecule has 132 valence electrons. The molecule has 0 aliphatic carbocycles. The molecular formula is C21H21N3O2. The summed E-state index contributed by atoms with van der Waals surface area (Å²) in [6, 6.07) is 12.1. The van der Waals surface area contributed by atoms with Gasteiger partial charge in [0.2, 0.25) is 0 Å². The molecule has 0 atom stereocenters. The van der Waals surface area contributed by atoms with E-state index < -0.39 is 5.97 Å². The third-order valence-corrected chi connectivity index (χ3v) is 4.33. The Balaban J connectivity index is 2.37. The Morgan fingerprint density at radius 3 is 2.54 bits per heavy atom. The Labute approximate surface area is 153 Å². The third kappa shape index (κ3) is 2.81. The first kappa shape index (κ1) is 17.6. The Hall–Kier alpha value is -3.21. The largest absolute Gasteiger partial charge is 0.464 e. The summed E-state index contributed by atoms with van der Waals surface area (Å²) in [5.41, 5.74) is 5.77. The lowest BCUT2D eigenvalue weighted by Gasteiger charge is -2.32. The number of esters is 1. The third-order valence-electron chi connectivity index (χ3n) is 4.33. The summed E-state index contributed by atoms with van der Waals surface area (Å²) in [6.07, 6.45) is 5.37. The van der Waals surface area contributed by atoms with Crippen LogP contribution in [0, 0.1) is 0 Å². The van der Waals surface area contributed by atoms with E-state index in [1.807, 2.05) is 51.1 Å². The fourth-order valence-electron chi connectivity index (χ4n) is 3.20. The normalized spacial score (nSPS) is 15.5. The maximum Gasteiger partial charge on any atom is 0.357 e. The molecule has 0 spiro atoms. The van der Waals surface area contributed by atoms with Crippen molar-refractivity contribution < 1.29 is 9.53 Å². The highest BCUT2D eigenvalue weighted by Gasteiger charge is 2.34. The van der Waals surface area contributed by atoms with Crippen LogP contribution in [0.3, 0.4) is 0 Å². The molecule has 1 aromatic heterocycles. The average Bonchev–Trinajstić information content (AvgIpc) is 2.68. The van der Waals surface area contributed by atoms with Gasteiger partial charge in [-0.2, -0.15) is 5.10 Å². The zero-order chi connectivity index (χ0) is 18.7. The number of hydrazone groups is 1. The van der Waals surface area contributed by atoms with Gasteiger partial charge in [-0.15, -0.1) is 0 Å². The van der Waals surface area contributed by atoms with Gasteiger partial charge in [0.05, 0.1) is 18.5 Å². The molecule has 1 aliphatic rings. The number of rotatable bonds is 3. The van der Waals surface area contributed by atoms with Crippen molar-refractivity contribution in [3.05, 3.63) is 65.6 Å². The summed E-state index contributed by atoms with van der Waals surface area (Å²) < 4.78 is 4.99. The molecule has 0 unspecified atom stereocenters. The maximum atomic E-state index is 12.4. The van der Waals surface area contributed by atoms with E-state index in [0.29, 0.717) is 5.70 Å². The van der Waals surface area contributed by atoms with Crippen molar-refractivity contribution >= 4 is 23.5 Å². The lowest BCUT2D eigenvalue weighted by molar-refractivity contribution is -0.137. The van der Waals surface area contributed by atoms with E-state index in [9.17, 15) is 4.79 Å². The van der Waals surface area contributed by atoms with E-state index in [0.717, 1.165) is 33.7 Å². The van der Waals surface area contributed by atoms with Crippen LogP contribution in [0.25, 0.3) is 22.4 Å². The van der Waals surface area contributed by atoms with E-state index in [2.05, 4.69) is 22.2 Å². The number of benzene rings is 1. The molecule has 5 heteroatoms. The molecule has 0 amide bonds. The minimum atomic E-state index is -0.440. The summed E-state index contributed by atoms with van der Waals surface area (Å²) in [6.45, 7) is 5.61. The van der Waals surface area contributed by atoms with Crippen LogP contribution in [0.2, 0.25) is 0 Å². The van der Waals surface area contributed by atoms with E-state index >= 15 is 0 Å². The number of allylic oxidation sites excluding steroid dienone is 2. The number of ether oxygens (including phenoxy) is 1. The fraction of sp³-hybridized carbons (Fsp3) is 0.190. The predicted molar refractivity (Wildman–Crippen MR) is 104 cm³/mol. The van der Waals surface area contributed by atoms with Gasteiger partial charge in [0.1, 0.15) is 0 Å². The van der Waals surface area contributed by atoms with Crippen LogP contribution >= 0.6 is 0 Å². The number of fused-ring (bicyclic) bond motifs is 1. The van der Waals surface area contributed by atoms with E-state index in [1.54, 1.807) is 17.4 Å². The van der Waals surface area contributed by atoms with Gasteiger partial charge in [-0.25, -0.2) is 9.80 Å². The zero-order valence-electron chi connectivity index (χ0n) is 15.4. The standard InChI is InChI=1S/C21H21N3O2/c1-5-17-18-16(15-10-8-7-9-11-15)12-13-22-19(18)14(3)20(21(25)26-4)24(17)23-6-2/h5-13H,1-4H3/b17-5+,23-6-. The van der Waals surface area contributed by atoms with Gasteiger partial charge >= 0.3 is 5.97 Å². The van der Waals surface area contributed by atoms with Crippen molar-refractivity contribution in [2.75, 3.05) is 7.11 Å². The molecule has 5 nitrogen and oxygen atoms in total. The average molecular weight is 347 g/mol. The van der Waals surface area contributed by atoms with Crippen LogP contribution in [-0.2, 0) is 9.53 Å². The molecule has 0 N–H and O–H groups in total. The molecule has 1 aliphatic heterocycles. The summed E-state index contributed by atoms with van der Waals surface area (Å²) in [4.78, 5) is 17.0. The van der Waals surface area contributed by atoms with Gasteiger partial charge < -0.3 is 4.74 Å². The van der Waals surface area contributed by atoms with Crippen LogP contribution in [0.15, 0.2) is 59.5 Å². The van der Waals surface area contributed by atoms with Crippen LogP contribution < -0.4 is 0 Å². The highest BCUT2D eigenvalue weighted by Crippen LogP contribution is 2.42. The molecule has 3 rings (SSSR count). The second kappa shape index (κ2) is 7.35. The van der Waals surface area contributed by atoms with E-state index in [-0.39, 0.29) is 0 Å². The number of hydrogen-bond donors (Lipinski definition) is 0. The molecule has 1 aromatic carbocycles. The number of aromatic nitrogens is 1. The Morgan fingerprint density at radius 1 is 1.19 bits per heavy atom. The molecule has 2 aromatic rings. The number of pyridine rings is 1. The summed E-state index contributed by atoms with van der Waals surface area (Å²) in [5, 5.41) is 6.06. The van der Waals surface area contributed by atoms with Crippen LogP contribution in [0.1, 0.15) is 32.0 Å². The number of carbonyl (C=O) groups excluding carboxylic acids is 1. The van der Waals surface area contributed by atoms with Gasteiger partial charge in [0.25, 0.3) is 0 Å². The minimum absolute atomic E-state index is 0.379. The highest BCUT2D eigenvalue weighted by molar-refractivity contribution is 6.03. The SMILES string of the molecule is C/C=N\N1C(C(=O)OC)=C(C)c2nccc(-c3ccccc3)c2/C1=C\C. The van der Waals surface area contributed by atoms with Gasteiger partial charge in [-0.3, -0.25) is 4.98 Å². The van der Waals surface area contributed by atoms with Crippen molar-refractivity contribution in [2.45, 2.75) is 20.8 Å². The molecule has 0 saturated heterocycles. The summed E-state index contributed by atoms with van der Waals surface area (Å²) >= 11 is 0. The predicted octanol–water partition coefficient (Wildman–Crippen LogP) is 4.33. The second-order valence-corrected chi connectivity index (χ2v) is 5.77. The Kier molecular flexibility index (Phi) is 4.98. The summed E-state index contributed by atoms with van der Waals surface area (Å²) in [5.74, 6) is -0.440. The number of nitrogens with zero attached hydrogens (tertiary/aromatic N) is 3. The monoisotopic (exact) mass is 347 g/mol. The minimum Gasteiger partial charge on any atom is -0.464 e. The van der Waals surface area contributed by atoms with Crippen molar-refractivity contribution in [3.8, 4) is 11.1 Å². The molecule has 0 radical (unpaired) electrons. The lowest BCUT2D eigenvalue weighted by Crippen LogP contribution is -2.28. The van der Waals surface area contributed by atoms with Gasteiger partial charge in [-0.05, 0) is 38.0 Å².